The van der Waals surface area contributed by atoms with Crippen LogP contribution in [-0.2, 0) is 0 Å². The van der Waals surface area contributed by atoms with Crippen LogP contribution in [0.5, 0.6) is 0 Å². The van der Waals surface area contributed by atoms with Gasteiger partial charge < -0.3 is 20.9 Å². The molecule has 0 unspecified atom stereocenters. The maximum atomic E-state index is 14.3. The average Bonchev–Trinajstić information content (AvgIpc) is 3.66. The van der Waals surface area contributed by atoms with E-state index in [0.29, 0.717) is 40.5 Å². The molecule has 2 aliphatic carbocycles. The number of piperidine rings is 1. The number of halogens is 2. The minimum atomic E-state index is -0.762. The third-order valence-electron chi connectivity index (χ3n) is 7.75. The number of anilines is 4. The molecule has 3 aromatic rings. The lowest BCUT2D eigenvalue weighted by atomic mass is 9.92. The van der Waals surface area contributed by atoms with E-state index >= 15 is 0 Å². The van der Waals surface area contributed by atoms with E-state index < -0.39 is 6.17 Å². The van der Waals surface area contributed by atoms with Gasteiger partial charge in [-0.2, -0.15) is 25.5 Å². The van der Waals surface area contributed by atoms with E-state index in [2.05, 4.69) is 41.9 Å². The normalized spacial score (nSPS) is 21.9. The third kappa shape index (κ3) is 5.56. The molecule has 202 valence electrons. The molecule has 2 saturated carbocycles. The van der Waals surface area contributed by atoms with Crippen molar-refractivity contribution in [2.75, 3.05) is 28.6 Å². The van der Waals surface area contributed by atoms with E-state index in [0.717, 1.165) is 63.7 Å². The van der Waals surface area contributed by atoms with E-state index in [9.17, 15) is 14.9 Å². The lowest BCUT2D eigenvalue weighted by Gasteiger charge is -2.38. The van der Waals surface area contributed by atoms with E-state index in [-0.39, 0.29) is 23.7 Å². The van der Waals surface area contributed by atoms with Crippen LogP contribution in [0.3, 0.4) is 0 Å². The highest BCUT2D eigenvalue weighted by atomic mass is 35.5. The summed E-state index contributed by atoms with van der Waals surface area (Å²) >= 11 is 6.90. The van der Waals surface area contributed by atoms with Gasteiger partial charge in [0, 0.05) is 31.2 Å². The van der Waals surface area contributed by atoms with Crippen molar-refractivity contribution in [3.63, 3.8) is 0 Å². The summed E-state index contributed by atoms with van der Waals surface area (Å²) in [6, 6.07) is 8.30. The topological polar surface area (TPSA) is 130 Å². The number of hydrogen-bond donors (Lipinski definition) is 3. The number of nitrogens with one attached hydrogen (secondary N) is 3. The Morgan fingerprint density at radius 1 is 0.949 bits per heavy atom. The van der Waals surface area contributed by atoms with Gasteiger partial charge in [0.15, 0.2) is 5.69 Å². The van der Waals surface area contributed by atoms with Gasteiger partial charge in [0.25, 0.3) is 0 Å². The summed E-state index contributed by atoms with van der Waals surface area (Å²) in [5.41, 5.74) is 1.99. The first kappa shape index (κ1) is 25.6. The number of hydrogen-bond acceptors (Lipinski definition) is 9. The predicted molar refractivity (Wildman–Crippen MR) is 147 cm³/mol. The first-order chi connectivity index (χ1) is 19.0. The highest BCUT2D eigenvalue weighted by molar-refractivity contribution is 6.36. The molecule has 10 nitrogen and oxygen atoms in total. The summed E-state index contributed by atoms with van der Waals surface area (Å²) in [5.74, 6) is 1.14. The van der Waals surface area contributed by atoms with E-state index in [1.807, 2.05) is 6.07 Å². The number of alkyl halides is 1. The largest absolute Gasteiger partial charge is 0.370 e. The zero-order valence-electron chi connectivity index (χ0n) is 21.5. The molecule has 1 saturated heterocycles. The Hall–Kier alpha value is -3.67. The highest BCUT2D eigenvalue weighted by Crippen LogP contribution is 2.37. The minimum absolute atomic E-state index is 0.0486. The number of rotatable bonds is 7. The zero-order chi connectivity index (χ0) is 26.9. The summed E-state index contributed by atoms with van der Waals surface area (Å²) in [4.78, 5) is 15.6. The molecule has 3 N–H and O–H groups in total. The van der Waals surface area contributed by atoms with Crippen LogP contribution in [0, 0.1) is 22.7 Å². The number of fused-ring (bicyclic) bond motifs is 1. The Kier molecular flexibility index (Phi) is 7.11. The SMILES string of the molecule is N#Cc1cc(Nc2nc(NC3CC3)n3cc(C#N)nc3n2)c(Cl)c(N2CCC(N[C@@H]3CCCC[C@@H]3F)CC2)c1. The van der Waals surface area contributed by atoms with Crippen molar-refractivity contribution in [2.24, 2.45) is 0 Å². The number of benzene rings is 1. The zero-order valence-corrected chi connectivity index (χ0v) is 22.3. The summed E-state index contributed by atoms with van der Waals surface area (Å²) in [6.45, 7) is 1.50. The molecule has 0 amide bonds. The maximum Gasteiger partial charge on any atom is 0.241 e. The molecule has 3 fully saturated rings. The molecule has 1 aromatic carbocycles. The van der Waals surface area contributed by atoms with E-state index in [4.69, 9.17) is 11.6 Å². The smallest absolute Gasteiger partial charge is 0.241 e. The summed E-state index contributed by atoms with van der Waals surface area (Å²) in [6.07, 6.45) is 8.29. The Morgan fingerprint density at radius 2 is 1.74 bits per heavy atom. The molecule has 3 aliphatic rings. The molecule has 2 aromatic heterocycles. The van der Waals surface area contributed by atoms with Gasteiger partial charge in [-0.15, -0.1) is 0 Å². The fourth-order valence-corrected chi connectivity index (χ4v) is 5.76. The Bertz CT molecular complexity index is 1450. The lowest BCUT2D eigenvalue weighted by molar-refractivity contribution is 0.172. The van der Waals surface area contributed by atoms with Crippen LogP contribution in [0.2, 0.25) is 5.02 Å². The van der Waals surface area contributed by atoms with Crippen molar-refractivity contribution in [3.8, 4) is 12.1 Å². The Balaban J connectivity index is 1.22. The quantitative estimate of drug-likeness (QED) is 0.385. The first-order valence-corrected chi connectivity index (χ1v) is 14.0. The number of imidazole rings is 1. The van der Waals surface area contributed by atoms with Crippen LogP contribution in [0.15, 0.2) is 18.3 Å². The number of nitrogens with zero attached hydrogens (tertiary/aromatic N) is 7. The Labute approximate surface area is 231 Å². The third-order valence-corrected chi connectivity index (χ3v) is 8.15. The van der Waals surface area contributed by atoms with Gasteiger partial charge in [0.2, 0.25) is 17.7 Å². The standard InChI is InChI=1S/C27H30ClFN10/c28-24-22(35-25-36-26(33-17-5-6-17)39-15-19(14-31)34-27(39)37-25)11-16(13-30)12-23(24)38-9-7-18(8-10-38)32-21-4-2-1-3-20(21)29/h11-12,15,17-18,20-21,32H,1-10H2,(H2,33,34,35,36,37)/t20-,21+/m0/s1. The van der Waals surface area contributed by atoms with Gasteiger partial charge in [-0.1, -0.05) is 24.4 Å². The second kappa shape index (κ2) is 10.8. The second-order valence-corrected chi connectivity index (χ2v) is 11.0. The lowest BCUT2D eigenvalue weighted by Crippen LogP contribution is -2.50. The van der Waals surface area contributed by atoms with Crippen LogP contribution in [0.1, 0.15) is 62.6 Å². The van der Waals surface area contributed by atoms with Gasteiger partial charge >= 0.3 is 0 Å². The molecular formula is C27H30ClFN10. The minimum Gasteiger partial charge on any atom is -0.370 e. The van der Waals surface area contributed by atoms with Crippen molar-refractivity contribution in [2.45, 2.75) is 75.7 Å². The monoisotopic (exact) mass is 548 g/mol. The van der Waals surface area contributed by atoms with Crippen molar-refractivity contribution in [3.05, 3.63) is 34.6 Å². The van der Waals surface area contributed by atoms with Crippen LogP contribution >= 0.6 is 11.6 Å². The van der Waals surface area contributed by atoms with Crippen LogP contribution in [0.25, 0.3) is 5.78 Å². The van der Waals surface area contributed by atoms with Gasteiger partial charge in [-0.05, 0) is 50.7 Å². The van der Waals surface area contributed by atoms with Gasteiger partial charge in [0.05, 0.1) is 34.2 Å². The molecule has 0 spiro atoms. The predicted octanol–water partition coefficient (Wildman–Crippen LogP) is 4.68. The van der Waals surface area contributed by atoms with Crippen molar-refractivity contribution in [1.82, 2.24) is 24.7 Å². The maximum absolute atomic E-state index is 14.3. The van der Waals surface area contributed by atoms with E-state index in [1.165, 1.54) is 0 Å². The number of nitriles is 2. The van der Waals surface area contributed by atoms with Crippen molar-refractivity contribution < 1.29 is 4.39 Å². The fourth-order valence-electron chi connectivity index (χ4n) is 5.48. The van der Waals surface area contributed by atoms with Gasteiger partial charge in [-0.25, -0.2) is 4.39 Å². The number of aromatic nitrogens is 4. The molecule has 0 radical (unpaired) electrons. The molecule has 3 heterocycles. The summed E-state index contributed by atoms with van der Waals surface area (Å²) < 4.78 is 16.0. The fraction of sp³-hybridized carbons (Fsp3) is 0.519. The van der Waals surface area contributed by atoms with E-state index in [1.54, 1.807) is 22.7 Å². The second-order valence-electron chi connectivity index (χ2n) is 10.6. The van der Waals surface area contributed by atoms with Crippen LogP contribution in [-0.4, -0.2) is 56.7 Å². The first-order valence-electron chi connectivity index (χ1n) is 13.6. The highest BCUT2D eigenvalue weighted by Gasteiger charge is 2.29. The van der Waals surface area contributed by atoms with Gasteiger partial charge in [0.1, 0.15) is 12.2 Å². The molecular weight excluding hydrogens is 519 g/mol. The molecule has 6 rings (SSSR count). The summed E-state index contributed by atoms with van der Waals surface area (Å²) in [5, 5.41) is 29.6. The summed E-state index contributed by atoms with van der Waals surface area (Å²) in [7, 11) is 0. The van der Waals surface area contributed by atoms with Crippen molar-refractivity contribution >= 4 is 40.7 Å². The molecule has 1 aliphatic heterocycles. The molecule has 0 bridgehead atoms. The molecule has 12 heteroatoms. The molecule has 2 atom stereocenters. The van der Waals surface area contributed by atoms with Gasteiger partial charge in [-0.3, -0.25) is 4.40 Å². The van der Waals surface area contributed by atoms with Crippen molar-refractivity contribution in [1.29, 1.82) is 10.5 Å². The van der Waals surface area contributed by atoms with Crippen LogP contribution in [0.4, 0.5) is 27.7 Å². The molecule has 39 heavy (non-hydrogen) atoms. The van der Waals surface area contributed by atoms with Crippen LogP contribution < -0.4 is 20.9 Å². The average molecular weight is 549 g/mol. The Morgan fingerprint density at radius 3 is 2.46 bits per heavy atom.